The largest absolute Gasteiger partial charge is 0.394 e. The van der Waals surface area contributed by atoms with E-state index in [0.717, 1.165) is 0 Å². The zero-order chi connectivity index (χ0) is 31.8. The van der Waals surface area contributed by atoms with Crippen LogP contribution in [0, 0.1) is 0 Å². The number of rotatable bonds is 15. The van der Waals surface area contributed by atoms with Crippen LogP contribution in [-0.4, -0.2) is 217 Å². The second kappa shape index (κ2) is 17.2. The lowest BCUT2D eigenvalue weighted by atomic mass is 9.98. The van der Waals surface area contributed by atoms with Gasteiger partial charge in [-0.15, -0.1) is 0 Å². The smallest absolute Gasteiger partial charge is 0.137 e. The molecule has 0 saturated carbocycles. The van der Waals surface area contributed by atoms with Crippen LogP contribution in [-0.2, 0) is 14.2 Å². The molecule has 3 saturated heterocycles. The highest BCUT2D eigenvalue weighted by molar-refractivity contribution is 4.93. The lowest BCUT2D eigenvalue weighted by Crippen LogP contribution is -2.63. The van der Waals surface area contributed by atoms with Crippen LogP contribution >= 0.6 is 0 Å². The molecule has 3 rings (SSSR count). The van der Waals surface area contributed by atoms with Crippen molar-refractivity contribution in [3.8, 4) is 0 Å². The van der Waals surface area contributed by atoms with Crippen molar-refractivity contribution in [1.29, 1.82) is 0 Å². The molecule has 0 aromatic heterocycles. The Morgan fingerprint density at radius 2 is 0.651 bits per heavy atom. The van der Waals surface area contributed by atoms with E-state index in [1.165, 1.54) is 0 Å². The Bertz CT molecular complexity index is 704. The Hall–Kier alpha value is -0.760. The fourth-order valence-electron chi connectivity index (χ4n) is 5.24. The maximum absolute atomic E-state index is 10.3. The summed E-state index contributed by atoms with van der Waals surface area (Å²) < 4.78 is 16.4. The molecule has 254 valence electrons. The quantitative estimate of drug-likeness (QED) is 0.0796. The number of ether oxygens (including phenoxy) is 3. The normalized spacial score (nSPS) is 44.2. The number of aliphatic hydroxyl groups is 12. The van der Waals surface area contributed by atoms with E-state index < -0.39 is 112 Å². The molecule has 0 bridgehead atoms. The summed E-state index contributed by atoms with van der Waals surface area (Å²) in [7, 11) is 0. The predicted molar refractivity (Wildman–Crippen MR) is 142 cm³/mol. The summed E-state index contributed by atoms with van der Waals surface area (Å²) in [4.78, 5) is 1.87. The average molecular weight is 633 g/mol. The first-order valence-electron chi connectivity index (χ1n) is 14.3. The molecule has 0 aliphatic carbocycles. The van der Waals surface area contributed by atoms with Gasteiger partial charge in [0.05, 0.1) is 19.8 Å². The van der Waals surface area contributed by atoms with Gasteiger partial charge in [-0.1, -0.05) is 0 Å². The molecule has 19 nitrogen and oxygen atoms in total. The second-order valence-electron chi connectivity index (χ2n) is 11.0. The van der Waals surface area contributed by atoms with Crippen LogP contribution in [0.2, 0.25) is 0 Å². The molecule has 0 aromatic carbocycles. The van der Waals surface area contributed by atoms with Gasteiger partial charge in [-0.2, -0.15) is 0 Å². The van der Waals surface area contributed by atoms with Gasteiger partial charge in [-0.05, 0) is 0 Å². The molecular weight excluding hydrogens is 584 g/mol. The Morgan fingerprint density at radius 3 is 0.884 bits per heavy atom. The van der Waals surface area contributed by atoms with Gasteiger partial charge in [-0.25, -0.2) is 0 Å². The van der Waals surface area contributed by atoms with Crippen LogP contribution in [0.4, 0.5) is 0 Å². The molecule has 3 aliphatic rings. The van der Waals surface area contributed by atoms with Crippen molar-refractivity contribution >= 4 is 0 Å². The molecule has 0 radical (unpaired) electrons. The Balaban J connectivity index is 1.56. The maximum atomic E-state index is 10.3. The summed E-state index contributed by atoms with van der Waals surface area (Å²) in [6.07, 6.45) is -20.2. The number of nitrogens with zero attached hydrogens (tertiary/aromatic N) is 1. The van der Waals surface area contributed by atoms with Crippen molar-refractivity contribution in [2.45, 2.75) is 91.9 Å². The molecule has 0 spiro atoms. The molecule has 3 fully saturated rings. The first-order chi connectivity index (χ1) is 20.4. The van der Waals surface area contributed by atoms with E-state index in [1.54, 1.807) is 0 Å². The van der Waals surface area contributed by atoms with E-state index in [9.17, 15) is 61.3 Å². The molecule has 19 heteroatoms. The number of nitrogens with one attached hydrogen (secondary N) is 3. The van der Waals surface area contributed by atoms with E-state index in [0.29, 0.717) is 19.6 Å². The molecular formula is C24H48N4O15. The SMILES string of the molecule is OC[C@H]1O[C@@H](NCCN(CCN[C@@H]2O[C@H](CO)[C@@H](O)[C@H](O)[C@@H]2O)CCN[C@@H]2O[C@H](CO)[C@@H](O)[C@H](O)[C@@H]2O)[C@@H](O)[C@@H](O)[C@@H]1O. The zero-order valence-electron chi connectivity index (χ0n) is 23.6. The van der Waals surface area contributed by atoms with Gasteiger partial charge in [0.25, 0.3) is 0 Å². The van der Waals surface area contributed by atoms with Crippen LogP contribution in [0.1, 0.15) is 0 Å². The van der Waals surface area contributed by atoms with Gasteiger partial charge < -0.3 is 75.5 Å². The third kappa shape index (κ3) is 9.16. The van der Waals surface area contributed by atoms with Gasteiger partial charge in [0.2, 0.25) is 0 Å². The topological polar surface area (TPSA) is 310 Å². The van der Waals surface area contributed by atoms with Crippen LogP contribution in [0.5, 0.6) is 0 Å². The number of aliphatic hydroxyl groups excluding tert-OH is 12. The van der Waals surface area contributed by atoms with Crippen molar-refractivity contribution < 1.29 is 75.5 Å². The van der Waals surface area contributed by atoms with Crippen LogP contribution in [0.3, 0.4) is 0 Å². The summed E-state index contributed by atoms with van der Waals surface area (Å²) >= 11 is 0. The van der Waals surface area contributed by atoms with E-state index in [-0.39, 0.29) is 19.6 Å². The van der Waals surface area contributed by atoms with Gasteiger partial charge >= 0.3 is 0 Å². The van der Waals surface area contributed by atoms with E-state index in [1.807, 2.05) is 4.90 Å². The minimum absolute atomic E-state index is 0.183. The van der Waals surface area contributed by atoms with E-state index >= 15 is 0 Å². The van der Waals surface area contributed by atoms with Crippen LogP contribution in [0.15, 0.2) is 0 Å². The summed E-state index contributed by atoms with van der Waals surface area (Å²) in [5, 5.41) is 128. The molecule has 43 heavy (non-hydrogen) atoms. The molecule has 0 amide bonds. The highest BCUT2D eigenvalue weighted by Gasteiger charge is 2.45. The van der Waals surface area contributed by atoms with E-state index in [2.05, 4.69) is 16.0 Å². The minimum atomic E-state index is -1.55. The highest BCUT2D eigenvalue weighted by atomic mass is 16.6. The number of hydrogen-bond donors (Lipinski definition) is 15. The maximum Gasteiger partial charge on any atom is 0.137 e. The molecule has 0 unspecified atom stereocenters. The Morgan fingerprint density at radius 1 is 0.395 bits per heavy atom. The van der Waals surface area contributed by atoms with Crippen molar-refractivity contribution in [3.63, 3.8) is 0 Å². The lowest BCUT2D eigenvalue weighted by molar-refractivity contribution is -0.237. The van der Waals surface area contributed by atoms with Crippen molar-refractivity contribution in [1.82, 2.24) is 20.9 Å². The zero-order valence-corrected chi connectivity index (χ0v) is 23.6. The van der Waals surface area contributed by atoms with Crippen LogP contribution < -0.4 is 16.0 Å². The fourth-order valence-corrected chi connectivity index (χ4v) is 5.24. The molecule has 3 aliphatic heterocycles. The fraction of sp³-hybridized carbons (Fsp3) is 1.00. The van der Waals surface area contributed by atoms with Gasteiger partial charge in [-0.3, -0.25) is 20.9 Å². The van der Waals surface area contributed by atoms with E-state index in [4.69, 9.17) is 14.2 Å². The lowest BCUT2D eigenvalue weighted by Gasteiger charge is -2.41. The predicted octanol–water partition coefficient (Wildman–Crippen LogP) is -9.54. The van der Waals surface area contributed by atoms with Gasteiger partial charge in [0.1, 0.15) is 91.9 Å². The standard InChI is InChI=1S/C24H48N4O15/c29-7-10-13(32)16(35)19(38)22(41-10)25-1-4-28(5-2-26-23-20(39)17(36)14(33)11(8-30)42-23)6-3-27-24-21(40)18(37)15(34)12(9-31)43-24/h10-27,29-40H,1-9H2/t10-,11-,12-,13-,14-,15-,16+,17+,18+,19+,20+,21+,22-,23-,24-/m1/s1. The highest BCUT2D eigenvalue weighted by Crippen LogP contribution is 2.21. The Labute approximate surface area is 247 Å². The summed E-state index contributed by atoms with van der Waals surface area (Å²) in [5.74, 6) is 0. The third-order valence-electron chi connectivity index (χ3n) is 8.00. The molecule has 0 aromatic rings. The monoisotopic (exact) mass is 632 g/mol. The van der Waals surface area contributed by atoms with Gasteiger partial charge in [0.15, 0.2) is 0 Å². The van der Waals surface area contributed by atoms with Crippen molar-refractivity contribution in [2.75, 3.05) is 59.1 Å². The Kier molecular flexibility index (Phi) is 14.7. The van der Waals surface area contributed by atoms with Gasteiger partial charge in [0, 0.05) is 39.3 Å². The first-order valence-corrected chi connectivity index (χ1v) is 14.3. The molecule has 3 heterocycles. The van der Waals surface area contributed by atoms with Crippen molar-refractivity contribution in [2.24, 2.45) is 0 Å². The number of hydrogen-bond acceptors (Lipinski definition) is 19. The second-order valence-corrected chi connectivity index (χ2v) is 11.0. The average Bonchev–Trinajstić information content (AvgIpc) is 3.00. The van der Waals surface area contributed by atoms with Crippen molar-refractivity contribution in [3.05, 3.63) is 0 Å². The third-order valence-corrected chi connectivity index (χ3v) is 8.00. The summed E-state index contributed by atoms with van der Waals surface area (Å²) in [6.45, 7) is -0.312. The van der Waals surface area contributed by atoms with Crippen LogP contribution in [0.25, 0.3) is 0 Å². The molecule has 15 N–H and O–H groups in total. The first kappa shape index (κ1) is 36.7. The molecule has 15 atom stereocenters. The minimum Gasteiger partial charge on any atom is -0.394 e. The summed E-state index contributed by atoms with van der Waals surface area (Å²) in [5.41, 5.74) is 0. The summed E-state index contributed by atoms with van der Waals surface area (Å²) in [6, 6.07) is 0.